The van der Waals surface area contributed by atoms with Crippen LogP contribution in [-0.4, -0.2) is 27.9 Å². The monoisotopic (exact) mass is 244 g/mol. The molecule has 0 amide bonds. The standard InChI is InChI=1S/C11H13FO3S/c1-16(13,14)10-4-2-9(3-5-10)11(12)6-7-15-8-11/h2-5H,6-8H2,1H3/t11-/m1/s1. The molecule has 2 rings (SSSR count). The van der Waals surface area contributed by atoms with Crippen molar-refractivity contribution in [2.24, 2.45) is 0 Å². The third kappa shape index (κ3) is 2.10. The van der Waals surface area contributed by atoms with Crippen LogP contribution in [-0.2, 0) is 20.2 Å². The molecule has 1 fully saturated rings. The number of rotatable bonds is 2. The van der Waals surface area contributed by atoms with E-state index in [9.17, 15) is 12.8 Å². The van der Waals surface area contributed by atoms with Crippen molar-refractivity contribution in [2.75, 3.05) is 19.5 Å². The number of hydrogen-bond acceptors (Lipinski definition) is 3. The van der Waals surface area contributed by atoms with Crippen LogP contribution in [0.1, 0.15) is 12.0 Å². The summed E-state index contributed by atoms with van der Waals surface area (Å²) in [7, 11) is -3.22. The van der Waals surface area contributed by atoms with Crippen molar-refractivity contribution in [1.29, 1.82) is 0 Å². The molecule has 1 aromatic rings. The molecule has 1 atom stereocenters. The molecule has 0 saturated carbocycles. The van der Waals surface area contributed by atoms with Crippen molar-refractivity contribution in [3.8, 4) is 0 Å². The highest BCUT2D eigenvalue weighted by molar-refractivity contribution is 7.90. The molecule has 1 heterocycles. The first-order chi connectivity index (χ1) is 7.42. The van der Waals surface area contributed by atoms with E-state index in [2.05, 4.69) is 0 Å². The van der Waals surface area contributed by atoms with Gasteiger partial charge in [0.25, 0.3) is 0 Å². The van der Waals surface area contributed by atoms with Crippen LogP contribution in [0.5, 0.6) is 0 Å². The molecule has 0 radical (unpaired) electrons. The predicted molar refractivity (Wildman–Crippen MR) is 57.8 cm³/mol. The molecular formula is C11H13FO3S. The highest BCUT2D eigenvalue weighted by Crippen LogP contribution is 2.34. The van der Waals surface area contributed by atoms with Crippen molar-refractivity contribution in [1.82, 2.24) is 0 Å². The maximum atomic E-state index is 14.2. The maximum Gasteiger partial charge on any atom is 0.175 e. The lowest BCUT2D eigenvalue weighted by Crippen LogP contribution is -2.19. The second-order valence-electron chi connectivity index (χ2n) is 4.06. The molecule has 5 heteroatoms. The first kappa shape index (κ1) is 11.5. The maximum absolute atomic E-state index is 14.2. The van der Waals surface area contributed by atoms with E-state index in [1.54, 1.807) is 0 Å². The average molecular weight is 244 g/mol. The van der Waals surface area contributed by atoms with Gasteiger partial charge in [-0.15, -0.1) is 0 Å². The number of alkyl halides is 1. The second kappa shape index (κ2) is 3.82. The topological polar surface area (TPSA) is 43.4 Å². The van der Waals surface area contributed by atoms with E-state index in [1.165, 1.54) is 24.3 Å². The molecule has 0 aliphatic carbocycles. The first-order valence-corrected chi connectivity index (χ1v) is 6.88. The summed E-state index contributed by atoms with van der Waals surface area (Å²) in [6.07, 6.45) is 1.46. The van der Waals surface area contributed by atoms with Crippen LogP contribution in [0.25, 0.3) is 0 Å². The van der Waals surface area contributed by atoms with Crippen molar-refractivity contribution >= 4 is 9.84 Å². The Morgan fingerprint density at radius 1 is 1.31 bits per heavy atom. The normalized spacial score (nSPS) is 25.9. The summed E-state index contributed by atoms with van der Waals surface area (Å²) < 4.78 is 41.7. The van der Waals surface area contributed by atoms with Gasteiger partial charge in [-0.2, -0.15) is 0 Å². The van der Waals surface area contributed by atoms with E-state index in [0.717, 1.165) is 6.26 Å². The van der Waals surface area contributed by atoms with Crippen LogP contribution in [0.15, 0.2) is 29.2 Å². The van der Waals surface area contributed by atoms with E-state index in [1.807, 2.05) is 0 Å². The molecule has 16 heavy (non-hydrogen) atoms. The predicted octanol–water partition coefficient (Wildman–Crippen LogP) is 1.68. The minimum atomic E-state index is -3.22. The van der Waals surface area contributed by atoms with Crippen molar-refractivity contribution in [3.63, 3.8) is 0 Å². The second-order valence-corrected chi connectivity index (χ2v) is 6.08. The summed E-state index contributed by atoms with van der Waals surface area (Å²) in [5.74, 6) is 0. The number of halogens is 1. The van der Waals surface area contributed by atoms with Crippen molar-refractivity contribution < 1.29 is 17.5 Å². The average Bonchev–Trinajstić information content (AvgIpc) is 2.66. The van der Waals surface area contributed by atoms with Gasteiger partial charge >= 0.3 is 0 Å². The molecule has 0 spiro atoms. The van der Waals surface area contributed by atoms with E-state index in [-0.39, 0.29) is 11.5 Å². The third-order valence-electron chi connectivity index (χ3n) is 2.77. The Bertz CT molecular complexity index is 472. The smallest absolute Gasteiger partial charge is 0.175 e. The summed E-state index contributed by atoms with van der Waals surface area (Å²) in [5, 5.41) is 0. The van der Waals surface area contributed by atoms with Crippen LogP contribution < -0.4 is 0 Å². The quantitative estimate of drug-likeness (QED) is 0.795. The fourth-order valence-electron chi connectivity index (χ4n) is 1.77. The van der Waals surface area contributed by atoms with Gasteiger partial charge in [0, 0.05) is 12.7 Å². The largest absolute Gasteiger partial charge is 0.378 e. The molecule has 1 aromatic carbocycles. The fourth-order valence-corrected chi connectivity index (χ4v) is 2.40. The number of sulfone groups is 1. The van der Waals surface area contributed by atoms with Gasteiger partial charge in [-0.3, -0.25) is 0 Å². The zero-order valence-corrected chi connectivity index (χ0v) is 9.76. The van der Waals surface area contributed by atoms with Gasteiger partial charge < -0.3 is 4.74 Å². The van der Waals surface area contributed by atoms with Gasteiger partial charge in [-0.25, -0.2) is 12.8 Å². The summed E-state index contributed by atoms with van der Waals surface area (Å²) in [5.41, 5.74) is -0.979. The number of ether oxygens (including phenoxy) is 1. The fraction of sp³-hybridized carbons (Fsp3) is 0.455. The third-order valence-corrected chi connectivity index (χ3v) is 3.90. The molecule has 3 nitrogen and oxygen atoms in total. The summed E-state index contributed by atoms with van der Waals surface area (Å²) >= 11 is 0. The van der Waals surface area contributed by atoms with E-state index in [0.29, 0.717) is 18.6 Å². The molecule has 1 saturated heterocycles. The zero-order valence-electron chi connectivity index (χ0n) is 8.94. The lowest BCUT2D eigenvalue weighted by Gasteiger charge is -2.17. The summed E-state index contributed by atoms with van der Waals surface area (Å²) in [6, 6.07) is 5.91. The van der Waals surface area contributed by atoms with Crippen LogP contribution in [0.2, 0.25) is 0 Å². The Balaban J connectivity index is 2.33. The highest BCUT2D eigenvalue weighted by Gasteiger charge is 2.36. The highest BCUT2D eigenvalue weighted by atomic mass is 32.2. The molecule has 0 N–H and O–H groups in total. The lowest BCUT2D eigenvalue weighted by atomic mass is 9.95. The minimum absolute atomic E-state index is 0.0468. The summed E-state index contributed by atoms with van der Waals surface area (Å²) in [6.45, 7) is 0.454. The Morgan fingerprint density at radius 3 is 2.38 bits per heavy atom. The Hall–Kier alpha value is -0.940. The molecule has 0 unspecified atom stereocenters. The molecule has 0 aromatic heterocycles. The molecule has 0 bridgehead atoms. The van der Waals surface area contributed by atoms with Gasteiger partial charge in [-0.05, 0) is 17.7 Å². The minimum Gasteiger partial charge on any atom is -0.378 e. The van der Waals surface area contributed by atoms with Gasteiger partial charge in [-0.1, -0.05) is 12.1 Å². The van der Waals surface area contributed by atoms with E-state index >= 15 is 0 Å². The Morgan fingerprint density at radius 2 is 1.94 bits per heavy atom. The summed E-state index contributed by atoms with van der Waals surface area (Å²) in [4.78, 5) is 0.207. The molecular weight excluding hydrogens is 231 g/mol. The van der Waals surface area contributed by atoms with Crippen LogP contribution >= 0.6 is 0 Å². The van der Waals surface area contributed by atoms with Gasteiger partial charge in [0.2, 0.25) is 0 Å². The molecule has 1 aliphatic rings. The van der Waals surface area contributed by atoms with Crippen LogP contribution in [0.4, 0.5) is 4.39 Å². The number of benzene rings is 1. The van der Waals surface area contributed by atoms with Gasteiger partial charge in [0.05, 0.1) is 18.1 Å². The zero-order chi connectivity index (χ0) is 11.8. The SMILES string of the molecule is CS(=O)(=O)c1ccc([C@@]2(F)CCOC2)cc1. The molecule has 1 aliphatic heterocycles. The lowest BCUT2D eigenvalue weighted by molar-refractivity contribution is 0.112. The van der Waals surface area contributed by atoms with Crippen LogP contribution in [0, 0.1) is 0 Å². The Labute approximate surface area is 94.2 Å². The molecule has 88 valence electrons. The number of hydrogen-bond donors (Lipinski definition) is 0. The van der Waals surface area contributed by atoms with Gasteiger partial charge in [0.15, 0.2) is 15.5 Å². The van der Waals surface area contributed by atoms with Crippen molar-refractivity contribution in [3.05, 3.63) is 29.8 Å². The Kier molecular flexibility index (Phi) is 2.75. The van der Waals surface area contributed by atoms with Crippen molar-refractivity contribution in [2.45, 2.75) is 17.0 Å². The van der Waals surface area contributed by atoms with E-state index < -0.39 is 15.5 Å². The van der Waals surface area contributed by atoms with Gasteiger partial charge in [0.1, 0.15) is 0 Å². The van der Waals surface area contributed by atoms with E-state index in [4.69, 9.17) is 4.74 Å². The first-order valence-electron chi connectivity index (χ1n) is 4.99. The van der Waals surface area contributed by atoms with Crippen LogP contribution in [0.3, 0.4) is 0 Å².